The third-order valence-electron chi connectivity index (χ3n) is 6.69. The molecule has 1 aromatic carbocycles. The first kappa shape index (κ1) is 37.4. The number of halogens is 3. The van der Waals surface area contributed by atoms with Crippen molar-refractivity contribution in [3.63, 3.8) is 0 Å². The van der Waals surface area contributed by atoms with Gasteiger partial charge in [0.1, 0.15) is 5.56 Å². The number of hydrogen-bond acceptors (Lipinski definition) is 6. The summed E-state index contributed by atoms with van der Waals surface area (Å²) in [7, 11) is 0. The zero-order valence-electron chi connectivity index (χ0n) is 22.7. The predicted octanol–water partition coefficient (Wildman–Crippen LogP) is -3.82. The van der Waals surface area contributed by atoms with Gasteiger partial charge >= 0.3 is 44.1 Å². The van der Waals surface area contributed by atoms with Gasteiger partial charge < -0.3 is 62.6 Å². The zero-order chi connectivity index (χ0) is 29.7. The summed E-state index contributed by atoms with van der Waals surface area (Å²) in [4.78, 5) is 62.7. The van der Waals surface area contributed by atoms with E-state index in [-0.39, 0.29) is 85.4 Å². The summed E-state index contributed by atoms with van der Waals surface area (Å²) in [5.41, 5.74) is -1.49. The minimum atomic E-state index is -1.78. The van der Waals surface area contributed by atoms with E-state index in [9.17, 15) is 39.6 Å². The van der Waals surface area contributed by atoms with Gasteiger partial charge in [-0.15, -0.1) is 0 Å². The second-order valence-electron chi connectivity index (χ2n) is 9.30. The van der Waals surface area contributed by atoms with E-state index in [1.54, 1.807) is 60.7 Å². The number of nitrogens with one attached hydrogen (secondary N) is 1. The standard InChI is InChI=1S/C30H18N4O8.3ClH.Ir/c35-27(36)20-12-19-11-17-7-6-15(31-17)10-16-8-9-18(32-16)13-21-22(14-4-2-1-3-5-14)23(28(37)38)26(34(21)30(41)42)24(29(39)40)25(20)33-19;;;;/h1-13,31H,(H,35,36)(H,37,38)(H,39,40)(H,41,42);3*1H;/q;;;;+3/p-3. The van der Waals surface area contributed by atoms with Crippen LogP contribution in [0.25, 0.3) is 57.0 Å². The molecule has 3 aromatic heterocycles. The molecule has 2 aliphatic heterocycles. The average molecular weight is 861 g/mol. The van der Waals surface area contributed by atoms with E-state index in [2.05, 4.69) is 15.0 Å². The Labute approximate surface area is 290 Å². The molecule has 0 saturated heterocycles. The number of rotatable bonds is 4. The maximum absolute atomic E-state index is 12.9. The second kappa shape index (κ2) is 14.5. The molecule has 0 fully saturated rings. The number of carboxylic acids is 3. The molecule has 46 heavy (non-hydrogen) atoms. The van der Waals surface area contributed by atoms with Gasteiger partial charge in [-0.1, -0.05) is 30.3 Å². The molecule has 16 heteroatoms. The summed E-state index contributed by atoms with van der Waals surface area (Å²) in [6.07, 6.45) is 2.71. The molecule has 0 saturated carbocycles. The fourth-order valence-corrected chi connectivity index (χ4v) is 5.06. The van der Waals surface area contributed by atoms with Gasteiger partial charge in [0.25, 0.3) is 0 Å². The average Bonchev–Trinajstić information content (AvgIpc) is 3.71. The Kier molecular flexibility index (Phi) is 11.8. The van der Waals surface area contributed by atoms with Crippen LogP contribution in [0.2, 0.25) is 0 Å². The van der Waals surface area contributed by atoms with Gasteiger partial charge in [0.2, 0.25) is 0 Å². The molecule has 5 heterocycles. The van der Waals surface area contributed by atoms with E-state index in [1.165, 1.54) is 12.1 Å². The molecule has 4 aromatic rings. The third kappa shape index (κ3) is 6.59. The number of H-pyrrole nitrogens is 1. The molecule has 0 aliphatic carbocycles. The van der Waals surface area contributed by atoms with E-state index < -0.39 is 51.9 Å². The van der Waals surface area contributed by atoms with Crippen LogP contribution in [0.4, 0.5) is 4.79 Å². The van der Waals surface area contributed by atoms with E-state index in [0.29, 0.717) is 21.3 Å². The minimum Gasteiger partial charge on any atom is -1.00 e. The Morgan fingerprint density at radius 2 is 1.24 bits per heavy atom. The van der Waals surface area contributed by atoms with Gasteiger partial charge in [-0.25, -0.2) is 33.7 Å². The third-order valence-corrected chi connectivity index (χ3v) is 6.69. The first-order valence-electron chi connectivity index (χ1n) is 12.3. The molecule has 12 nitrogen and oxygen atoms in total. The topological polar surface area (TPSA) is 196 Å². The molecule has 0 unspecified atom stereocenters. The number of aromatic amines is 1. The van der Waals surface area contributed by atoms with Gasteiger partial charge in [0.15, 0.2) is 0 Å². The molecular weight excluding hydrogens is 843 g/mol. The van der Waals surface area contributed by atoms with Gasteiger partial charge in [-0.05, 0) is 54.1 Å². The van der Waals surface area contributed by atoms with Crippen molar-refractivity contribution in [3.8, 4) is 11.1 Å². The number of aromatic nitrogens is 4. The number of hydrogen-bond donors (Lipinski definition) is 5. The number of nitrogens with zero attached hydrogens (tertiary/aromatic N) is 3. The van der Waals surface area contributed by atoms with Crippen molar-refractivity contribution in [2.45, 2.75) is 0 Å². The van der Waals surface area contributed by atoms with Crippen molar-refractivity contribution in [2.75, 3.05) is 0 Å². The molecule has 236 valence electrons. The molecule has 8 bridgehead atoms. The monoisotopic (exact) mass is 860 g/mol. The van der Waals surface area contributed by atoms with Crippen LogP contribution in [0, 0.1) is 0 Å². The van der Waals surface area contributed by atoms with Crippen molar-refractivity contribution in [3.05, 3.63) is 94.6 Å². The second-order valence-corrected chi connectivity index (χ2v) is 9.30. The Morgan fingerprint density at radius 1 is 0.674 bits per heavy atom. The van der Waals surface area contributed by atoms with Crippen molar-refractivity contribution in [1.82, 2.24) is 19.5 Å². The van der Waals surface area contributed by atoms with Crippen LogP contribution >= 0.6 is 0 Å². The number of carbonyl (C=O) groups is 4. The number of fused-ring (bicyclic) bond motifs is 8. The molecule has 2 aliphatic rings. The number of aromatic carboxylic acids is 2. The van der Waals surface area contributed by atoms with E-state index in [1.807, 2.05) is 0 Å². The normalized spacial score (nSPS) is 11.1. The van der Waals surface area contributed by atoms with Gasteiger partial charge in [0, 0.05) is 16.6 Å². The fraction of sp³-hybridized carbons (Fsp3) is 0. The molecule has 0 spiro atoms. The summed E-state index contributed by atoms with van der Waals surface area (Å²) >= 11 is 0. The number of aliphatic carboxylic acids is 1. The van der Waals surface area contributed by atoms with Crippen LogP contribution in [-0.4, -0.2) is 63.9 Å². The number of benzene rings is 1. The predicted molar refractivity (Wildman–Crippen MR) is 152 cm³/mol. The van der Waals surface area contributed by atoms with Crippen LogP contribution in [-0.2, 0) is 24.9 Å². The van der Waals surface area contributed by atoms with Crippen molar-refractivity contribution >= 4 is 69.9 Å². The molecule has 0 atom stereocenters. The summed E-state index contributed by atoms with van der Waals surface area (Å²) in [6.45, 7) is 0. The summed E-state index contributed by atoms with van der Waals surface area (Å²) < 4.78 is 0.527. The summed E-state index contributed by atoms with van der Waals surface area (Å²) in [5.74, 6) is -4.95. The SMILES string of the molecule is O=C(O)C1=Cc2cc3ccc(cc4nc(cc5c(-c6ccccc6)c(C(=O)O)c(c(C(=O)O)c1n2)n5C(=O)O)C=C4)[nH]3.[Cl-].[Cl-].[Cl-].[Ir+3]. The Bertz CT molecular complexity index is 2130. The van der Waals surface area contributed by atoms with Gasteiger partial charge in [0.05, 0.1) is 44.9 Å². The fourth-order valence-electron chi connectivity index (χ4n) is 5.06. The van der Waals surface area contributed by atoms with Gasteiger partial charge in [-0.3, -0.25) is 0 Å². The molecule has 0 amide bonds. The zero-order valence-corrected chi connectivity index (χ0v) is 27.4. The van der Waals surface area contributed by atoms with Crippen molar-refractivity contribution in [2.24, 2.45) is 0 Å². The molecular formula is C30H18Cl3IrN4O8. The Morgan fingerprint density at radius 3 is 1.78 bits per heavy atom. The molecule has 5 N–H and O–H groups in total. The van der Waals surface area contributed by atoms with Crippen LogP contribution in [0.1, 0.15) is 43.5 Å². The smallest absolute Gasteiger partial charge is 1.00 e. The Balaban J connectivity index is 0.00000184. The summed E-state index contributed by atoms with van der Waals surface area (Å²) in [6, 6.07) is 16.0. The first-order chi connectivity index (χ1) is 20.1. The van der Waals surface area contributed by atoms with E-state index in [4.69, 9.17) is 0 Å². The van der Waals surface area contributed by atoms with Crippen LogP contribution < -0.4 is 37.2 Å². The maximum atomic E-state index is 12.9. The van der Waals surface area contributed by atoms with Crippen molar-refractivity contribution in [1.29, 1.82) is 0 Å². The molecule has 0 radical (unpaired) electrons. The largest absolute Gasteiger partial charge is 3.00 e. The number of carboxylic acid groups (broad SMARTS) is 4. The van der Waals surface area contributed by atoms with Crippen LogP contribution in [0.15, 0.2) is 60.7 Å². The quantitative estimate of drug-likeness (QED) is 0.120. The first-order valence-corrected chi connectivity index (χ1v) is 12.3. The van der Waals surface area contributed by atoms with Gasteiger partial charge in [-0.2, -0.15) is 0 Å². The molecule has 6 rings (SSSR count). The van der Waals surface area contributed by atoms with E-state index >= 15 is 0 Å². The van der Waals surface area contributed by atoms with Crippen LogP contribution in [0.3, 0.4) is 0 Å². The Hall–Kier alpha value is -4.78. The minimum absolute atomic E-state index is 0. The van der Waals surface area contributed by atoms with E-state index in [0.717, 1.165) is 6.08 Å². The van der Waals surface area contributed by atoms with Crippen molar-refractivity contribution < 1.29 is 96.9 Å². The summed E-state index contributed by atoms with van der Waals surface area (Å²) in [5, 5.41) is 41.3. The maximum Gasteiger partial charge on any atom is 3.00 e. The van der Waals surface area contributed by atoms with Crippen LogP contribution in [0.5, 0.6) is 0 Å².